The van der Waals surface area contributed by atoms with Crippen LogP contribution in [0.1, 0.15) is 193 Å². The summed E-state index contributed by atoms with van der Waals surface area (Å²) in [5, 5.41) is 12.5. The molecule has 10 fully saturated rings. The van der Waals surface area contributed by atoms with Crippen LogP contribution >= 0.6 is 0 Å². The Morgan fingerprint density at radius 1 is 0.436 bits per heavy atom. The Kier molecular flexibility index (Phi) is 19.7. The molecule has 6 aromatic rings. The number of benzene rings is 6. The van der Waals surface area contributed by atoms with Crippen molar-refractivity contribution in [3.8, 4) is 62.4 Å². The number of hydrogen-bond donors (Lipinski definition) is 1. The number of carbonyl (C=O) groups excluding carboxylic acids is 1. The average Bonchev–Trinajstić information content (AvgIpc) is 1.37. The van der Waals surface area contributed by atoms with Crippen LogP contribution in [0.5, 0.6) is 23.0 Å². The first-order valence-electron chi connectivity index (χ1n) is 36.8. The maximum atomic E-state index is 12.3. The van der Waals surface area contributed by atoms with Gasteiger partial charge in [0.2, 0.25) is 0 Å². The van der Waals surface area contributed by atoms with E-state index in [1.54, 1.807) is 28.4 Å². The lowest BCUT2D eigenvalue weighted by Crippen LogP contribution is -2.43. The molecule has 3 aliphatic heterocycles. The lowest BCUT2D eigenvalue weighted by Gasteiger charge is -2.40. The number of nitriles is 1. The van der Waals surface area contributed by atoms with Gasteiger partial charge in [0.15, 0.2) is 11.5 Å². The number of likely N-dealkylation sites (tertiary alicyclic amines) is 3. The molecule has 0 spiro atoms. The number of fused-ring (bicyclic) bond motifs is 6. The zero-order valence-corrected chi connectivity index (χ0v) is 57.3. The summed E-state index contributed by atoms with van der Waals surface area (Å²) in [5.41, 5.74) is 12.7. The number of para-hydroxylation sites is 1. The number of hydrogen-bond acceptors (Lipinski definition) is 9. The Morgan fingerprint density at radius 3 is 1.27 bits per heavy atom. The van der Waals surface area contributed by atoms with Crippen molar-refractivity contribution in [3.05, 3.63) is 155 Å². The lowest BCUT2D eigenvalue weighted by molar-refractivity contribution is 0.0951. The second kappa shape index (κ2) is 28.6. The van der Waals surface area contributed by atoms with Crippen molar-refractivity contribution in [1.29, 1.82) is 5.26 Å². The largest absolute Gasteiger partial charge is 0.496 e. The summed E-state index contributed by atoms with van der Waals surface area (Å²) in [6.07, 6.45) is 27.3. The number of amides is 1. The highest BCUT2D eigenvalue weighted by Crippen LogP contribution is 2.52. The molecule has 16 rings (SSSR count). The van der Waals surface area contributed by atoms with Crippen LogP contribution in [0.4, 0.5) is 0 Å². The van der Waals surface area contributed by atoms with Crippen molar-refractivity contribution >= 4 is 5.91 Å². The molecule has 10 nitrogen and oxygen atoms in total. The van der Waals surface area contributed by atoms with Gasteiger partial charge in [-0.25, -0.2) is 0 Å². The highest BCUT2D eigenvalue weighted by Gasteiger charge is 2.46. The SMILES string of the molecule is COc1ccc(-c2ccc(C(=O)NC3CC3)cc2)cc1C1CCN([C@H]2C[C@H]3CC[C@H]2C3)CC1.COc1ccc(-c2ccc(C(C)(C)C#N)cc2)cc1C1CCN(C2C[C@H]3CC[C@H]2C3)CC1.COc1cccc(-c2ccccc2C2CCN([C@H]3C[C@H]4CC[C@H]3C4)CC2)c1OC. The third-order valence-corrected chi connectivity index (χ3v) is 25.1. The van der Waals surface area contributed by atoms with Crippen molar-refractivity contribution in [2.24, 2.45) is 35.5 Å². The van der Waals surface area contributed by atoms with E-state index >= 15 is 0 Å². The van der Waals surface area contributed by atoms with Crippen LogP contribution in [0.2, 0.25) is 0 Å². The number of nitrogens with zero attached hydrogens (tertiary/aromatic N) is 4. The molecule has 6 aromatic carbocycles. The molecule has 3 heterocycles. The highest BCUT2D eigenvalue weighted by molar-refractivity contribution is 5.95. The maximum absolute atomic E-state index is 12.3. The molecule has 1 amide bonds. The van der Waals surface area contributed by atoms with E-state index in [2.05, 4.69) is 135 Å². The summed E-state index contributed by atoms with van der Waals surface area (Å²) < 4.78 is 22.9. The monoisotopic (exact) mass is 1260 g/mol. The van der Waals surface area contributed by atoms with Crippen LogP contribution in [-0.2, 0) is 5.41 Å². The first kappa shape index (κ1) is 64.7. The number of nitrogens with one attached hydrogen (secondary N) is 1. The molecule has 3 saturated heterocycles. The molecule has 0 aromatic heterocycles. The minimum atomic E-state index is -0.462. The lowest BCUT2D eigenvalue weighted by atomic mass is 9.83. The van der Waals surface area contributed by atoms with Crippen molar-refractivity contribution in [3.63, 3.8) is 0 Å². The van der Waals surface area contributed by atoms with Crippen LogP contribution in [0.3, 0.4) is 0 Å². The molecule has 0 radical (unpaired) electrons. The molecule has 1 N–H and O–H groups in total. The summed E-state index contributed by atoms with van der Waals surface area (Å²) in [5.74, 6) is 11.5. The number of piperidine rings is 3. The minimum absolute atomic E-state index is 0.0433. The molecule has 10 aliphatic rings. The Labute approximate surface area is 562 Å². The van der Waals surface area contributed by atoms with Gasteiger partial charge >= 0.3 is 0 Å². The van der Waals surface area contributed by atoms with E-state index in [4.69, 9.17) is 18.9 Å². The van der Waals surface area contributed by atoms with Crippen molar-refractivity contribution in [1.82, 2.24) is 20.0 Å². The quantitative estimate of drug-likeness (QED) is 0.102. The van der Waals surface area contributed by atoms with E-state index in [0.29, 0.717) is 23.8 Å². The Morgan fingerprint density at radius 2 is 0.862 bits per heavy atom. The van der Waals surface area contributed by atoms with Crippen LogP contribution < -0.4 is 24.3 Å². The van der Waals surface area contributed by atoms with Gasteiger partial charge < -0.3 is 39.0 Å². The molecule has 6 bridgehead atoms. The van der Waals surface area contributed by atoms with Crippen LogP contribution in [-0.4, -0.2) is 112 Å². The molecule has 10 heteroatoms. The predicted octanol–water partition coefficient (Wildman–Crippen LogP) is 17.9. The third kappa shape index (κ3) is 13.9. The second-order valence-electron chi connectivity index (χ2n) is 30.8. The van der Waals surface area contributed by atoms with Crippen molar-refractivity contribution in [2.45, 2.75) is 190 Å². The molecular weight excluding hydrogens is 1160 g/mol. The fraction of sp³-hybridized carbons (Fsp3) is 0.548. The maximum Gasteiger partial charge on any atom is 0.251 e. The minimum Gasteiger partial charge on any atom is -0.496 e. The molecule has 496 valence electrons. The second-order valence-corrected chi connectivity index (χ2v) is 30.8. The molecule has 1 unspecified atom stereocenters. The molecular formula is C84H105N5O5. The third-order valence-electron chi connectivity index (χ3n) is 25.1. The van der Waals surface area contributed by atoms with Crippen LogP contribution in [0, 0.1) is 46.8 Å². The van der Waals surface area contributed by atoms with Gasteiger partial charge in [0.05, 0.1) is 39.9 Å². The topological polar surface area (TPSA) is 99.5 Å². The number of rotatable bonds is 16. The number of carbonyl (C=O) groups is 1. The Hall–Kier alpha value is -6.64. The van der Waals surface area contributed by atoms with E-state index in [1.165, 1.54) is 194 Å². The number of methoxy groups -OCH3 is 4. The van der Waals surface area contributed by atoms with Crippen molar-refractivity contribution < 1.29 is 23.7 Å². The molecule has 7 aliphatic carbocycles. The Bertz CT molecular complexity index is 3600. The summed E-state index contributed by atoms with van der Waals surface area (Å²) >= 11 is 0. The van der Waals surface area contributed by atoms with Crippen LogP contribution in [0.15, 0.2) is 127 Å². The van der Waals surface area contributed by atoms with Gasteiger partial charge in [-0.2, -0.15) is 5.26 Å². The van der Waals surface area contributed by atoms with Gasteiger partial charge in [0.1, 0.15) is 11.5 Å². The summed E-state index contributed by atoms with van der Waals surface area (Å²) in [4.78, 5) is 20.8. The summed E-state index contributed by atoms with van der Waals surface area (Å²) in [7, 11) is 7.02. The van der Waals surface area contributed by atoms with E-state index in [1.807, 2.05) is 32.0 Å². The molecule has 7 saturated carbocycles. The van der Waals surface area contributed by atoms with E-state index < -0.39 is 5.41 Å². The normalized spacial score (nSPS) is 27.1. The van der Waals surface area contributed by atoms with Gasteiger partial charge in [-0.05, 0) is 308 Å². The van der Waals surface area contributed by atoms with E-state index in [-0.39, 0.29) is 5.91 Å². The van der Waals surface area contributed by atoms with Gasteiger partial charge in [0, 0.05) is 35.3 Å². The molecule has 94 heavy (non-hydrogen) atoms. The van der Waals surface area contributed by atoms with Gasteiger partial charge in [0.25, 0.3) is 5.91 Å². The van der Waals surface area contributed by atoms with Gasteiger partial charge in [-0.15, -0.1) is 0 Å². The zero-order valence-electron chi connectivity index (χ0n) is 57.3. The van der Waals surface area contributed by atoms with Crippen molar-refractivity contribution in [2.75, 3.05) is 67.7 Å². The van der Waals surface area contributed by atoms with Gasteiger partial charge in [-0.3, -0.25) is 4.79 Å². The Balaban J connectivity index is 0.000000122. The summed E-state index contributed by atoms with van der Waals surface area (Å²) in [6, 6.07) is 50.3. The first-order chi connectivity index (χ1) is 45.9. The number of ether oxygens (including phenoxy) is 4. The molecule has 9 atom stereocenters. The smallest absolute Gasteiger partial charge is 0.251 e. The fourth-order valence-electron chi connectivity index (χ4n) is 19.7. The van der Waals surface area contributed by atoms with E-state index in [9.17, 15) is 10.1 Å². The average molecular weight is 1260 g/mol. The fourth-order valence-corrected chi connectivity index (χ4v) is 19.7. The standard InChI is InChI=1S/C29H36N2O2.C29H36N2O.C26H33NO2/c1-33-28-11-8-23(20-4-6-22(7-5-20)29(32)30-25-9-10-25)18-26(28)21-12-14-31(15-13-21)27-17-19-2-3-24(27)16-19;1-29(2,19-30)25-9-6-21(7-10-25)23-8-11-28(32-3)26(18-23)22-12-14-31(15-13-22)27-17-20-4-5-24(27)16-20;1-28-25-9-5-8-23(26(25)29-2)22-7-4-3-6-21(22)19-12-14-27(15-13-19)24-17-18-10-11-20(24)16-18/h4-8,11,18-19,21,24-25,27H,2-3,9-10,12-17H2,1H3,(H,30,32);6-11,18,20,22,24,27H,4-5,12-17H2,1-3H3;3-9,18-20,24H,10-17H2,1-2H3/t19-,24-,27-;20-,24-,27?;18-,20-,24-/m000/s1. The highest BCUT2D eigenvalue weighted by atomic mass is 16.5. The first-order valence-corrected chi connectivity index (χ1v) is 36.8. The van der Waals surface area contributed by atoms with E-state index in [0.717, 1.165) is 112 Å². The predicted molar refractivity (Wildman–Crippen MR) is 379 cm³/mol. The van der Waals surface area contributed by atoms with Crippen LogP contribution in [0.25, 0.3) is 33.4 Å². The zero-order chi connectivity index (χ0) is 64.5. The van der Waals surface area contributed by atoms with Gasteiger partial charge in [-0.1, -0.05) is 104 Å². The summed E-state index contributed by atoms with van der Waals surface area (Å²) in [6.45, 7) is 11.3.